The first-order chi connectivity index (χ1) is 7.47. The third-order valence-electron chi connectivity index (χ3n) is 3.12. The maximum atomic E-state index is 12.1. The van der Waals surface area contributed by atoms with Gasteiger partial charge in [0, 0.05) is 12.6 Å². The highest BCUT2D eigenvalue weighted by Crippen LogP contribution is 2.18. The lowest BCUT2D eigenvalue weighted by Crippen LogP contribution is -2.49. The van der Waals surface area contributed by atoms with Crippen molar-refractivity contribution in [1.82, 2.24) is 5.32 Å². The molecule has 96 valence electrons. The molecule has 0 amide bonds. The molecule has 5 heteroatoms. The predicted molar refractivity (Wildman–Crippen MR) is 65.3 cm³/mol. The maximum absolute atomic E-state index is 12.1. The van der Waals surface area contributed by atoms with E-state index in [1.54, 1.807) is 0 Å². The molecule has 2 atom stereocenters. The summed E-state index contributed by atoms with van der Waals surface area (Å²) in [4.78, 5) is 0. The predicted octanol–water partition coefficient (Wildman–Crippen LogP) is 0.824. The summed E-state index contributed by atoms with van der Waals surface area (Å²) in [5.74, 6) is 0.698. The molecule has 0 radical (unpaired) electrons. The molecule has 0 aliphatic carbocycles. The van der Waals surface area contributed by atoms with Crippen LogP contribution in [0.3, 0.4) is 0 Å². The van der Waals surface area contributed by atoms with Gasteiger partial charge in [0.2, 0.25) is 0 Å². The lowest BCUT2D eigenvalue weighted by atomic mass is 10.1. The van der Waals surface area contributed by atoms with E-state index >= 15 is 0 Å². The molecular formula is C11H23NO3S. The molecule has 0 aromatic carbocycles. The van der Waals surface area contributed by atoms with Gasteiger partial charge in [-0.2, -0.15) is 0 Å². The van der Waals surface area contributed by atoms with Gasteiger partial charge in [0.05, 0.1) is 17.6 Å². The van der Waals surface area contributed by atoms with Crippen LogP contribution in [0.5, 0.6) is 0 Å². The Labute approximate surface area is 98.7 Å². The largest absolute Gasteiger partial charge is 0.380 e. The van der Waals surface area contributed by atoms with Crippen molar-refractivity contribution in [3.05, 3.63) is 0 Å². The first kappa shape index (κ1) is 13.9. The standard InChI is InChI=1S/C11H23NO3S/c1-9(2)5-7-16(13,14)11-8-15-6-4-10(11)12-3/h9-12H,4-8H2,1-3H3. The zero-order valence-corrected chi connectivity index (χ0v) is 11.2. The molecule has 0 aromatic rings. The van der Waals surface area contributed by atoms with E-state index in [0.29, 0.717) is 19.1 Å². The normalized spacial score (nSPS) is 27.2. The monoisotopic (exact) mass is 249 g/mol. The van der Waals surface area contributed by atoms with Crippen LogP contribution >= 0.6 is 0 Å². The number of hydrogen-bond donors (Lipinski definition) is 1. The highest BCUT2D eigenvalue weighted by Gasteiger charge is 2.34. The van der Waals surface area contributed by atoms with Crippen molar-refractivity contribution in [3.8, 4) is 0 Å². The maximum Gasteiger partial charge on any atom is 0.156 e. The average Bonchev–Trinajstić information content (AvgIpc) is 2.26. The Morgan fingerprint density at radius 3 is 2.69 bits per heavy atom. The van der Waals surface area contributed by atoms with Crippen molar-refractivity contribution in [2.24, 2.45) is 5.92 Å². The van der Waals surface area contributed by atoms with E-state index < -0.39 is 9.84 Å². The van der Waals surface area contributed by atoms with E-state index in [4.69, 9.17) is 4.74 Å². The second-order valence-corrected chi connectivity index (χ2v) is 7.19. The van der Waals surface area contributed by atoms with E-state index in [0.717, 1.165) is 12.8 Å². The molecule has 4 nitrogen and oxygen atoms in total. The summed E-state index contributed by atoms with van der Waals surface area (Å²) in [6, 6.07) is 0.0471. The summed E-state index contributed by atoms with van der Waals surface area (Å²) in [6.07, 6.45) is 1.51. The fourth-order valence-corrected chi connectivity index (χ4v) is 4.13. The van der Waals surface area contributed by atoms with Gasteiger partial charge in [-0.05, 0) is 25.8 Å². The van der Waals surface area contributed by atoms with Crippen molar-refractivity contribution in [2.45, 2.75) is 38.0 Å². The van der Waals surface area contributed by atoms with Gasteiger partial charge in [0.1, 0.15) is 0 Å². The molecule has 0 bridgehead atoms. The number of hydrogen-bond acceptors (Lipinski definition) is 4. The molecule has 0 aromatic heterocycles. The number of rotatable bonds is 5. The van der Waals surface area contributed by atoms with E-state index in [1.165, 1.54) is 0 Å². The first-order valence-electron chi connectivity index (χ1n) is 5.94. The highest BCUT2D eigenvalue weighted by molar-refractivity contribution is 7.92. The van der Waals surface area contributed by atoms with Crippen LogP contribution in [-0.2, 0) is 14.6 Å². The molecule has 1 N–H and O–H groups in total. The van der Waals surface area contributed by atoms with Gasteiger partial charge in [-0.3, -0.25) is 0 Å². The molecule has 0 saturated carbocycles. The summed E-state index contributed by atoms with van der Waals surface area (Å²) in [7, 11) is -1.21. The summed E-state index contributed by atoms with van der Waals surface area (Å²) in [5, 5.41) is 2.72. The quantitative estimate of drug-likeness (QED) is 0.784. The Kier molecular flexibility index (Phi) is 5.21. The molecule has 1 fully saturated rings. The molecule has 1 heterocycles. The third-order valence-corrected chi connectivity index (χ3v) is 5.31. The first-order valence-corrected chi connectivity index (χ1v) is 7.65. The molecule has 16 heavy (non-hydrogen) atoms. The van der Waals surface area contributed by atoms with Crippen LogP contribution in [0.15, 0.2) is 0 Å². The van der Waals surface area contributed by atoms with Crippen molar-refractivity contribution >= 4 is 9.84 Å². The van der Waals surface area contributed by atoms with Gasteiger partial charge in [0.15, 0.2) is 9.84 Å². The average molecular weight is 249 g/mol. The van der Waals surface area contributed by atoms with E-state index in [1.807, 2.05) is 20.9 Å². The van der Waals surface area contributed by atoms with Gasteiger partial charge in [0.25, 0.3) is 0 Å². The summed E-state index contributed by atoms with van der Waals surface area (Å²) >= 11 is 0. The second-order valence-electron chi connectivity index (χ2n) is 4.85. The Bertz CT molecular complexity index is 300. The van der Waals surface area contributed by atoms with Crippen LogP contribution in [0.25, 0.3) is 0 Å². The lowest BCUT2D eigenvalue weighted by molar-refractivity contribution is 0.0825. The molecule has 1 aliphatic heterocycles. The number of nitrogens with one attached hydrogen (secondary N) is 1. The lowest BCUT2D eigenvalue weighted by Gasteiger charge is -2.31. The molecule has 1 saturated heterocycles. The summed E-state index contributed by atoms with van der Waals surface area (Å²) in [5.41, 5.74) is 0. The van der Waals surface area contributed by atoms with Gasteiger partial charge in [-0.15, -0.1) is 0 Å². The minimum Gasteiger partial charge on any atom is -0.380 e. The van der Waals surface area contributed by atoms with Crippen molar-refractivity contribution in [2.75, 3.05) is 26.0 Å². The molecule has 1 aliphatic rings. The zero-order valence-electron chi connectivity index (χ0n) is 10.4. The van der Waals surface area contributed by atoms with E-state index in [-0.39, 0.29) is 17.0 Å². The van der Waals surface area contributed by atoms with E-state index in [2.05, 4.69) is 5.32 Å². The fourth-order valence-electron chi connectivity index (χ4n) is 1.95. The summed E-state index contributed by atoms with van der Waals surface area (Å²) < 4.78 is 29.6. The Balaban J connectivity index is 2.64. The molecule has 2 unspecified atom stereocenters. The highest BCUT2D eigenvalue weighted by atomic mass is 32.2. The SMILES string of the molecule is CNC1CCOCC1S(=O)(=O)CCC(C)C. The number of ether oxygens (including phenoxy) is 1. The van der Waals surface area contributed by atoms with Crippen LogP contribution in [0, 0.1) is 5.92 Å². The smallest absolute Gasteiger partial charge is 0.156 e. The van der Waals surface area contributed by atoms with Crippen LogP contribution in [0.4, 0.5) is 0 Å². The van der Waals surface area contributed by atoms with Crippen molar-refractivity contribution in [1.29, 1.82) is 0 Å². The topological polar surface area (TPSA) is 55.4 Å². The minimum atomic E-state index is -3.03. The molecular weight excluding hydrogens is 226 g/mol. The van der Waals surface area contributed by atoms with Crippen molar-refractivity contribution in [3.63, 3.8) is 0 Å². The van der Waals surface area contributed by atoms with Gasteiger partial charge in [-0.25, -0.2) is 8.42 Å². The Morgan fingerprint density at radius 1 is 1.44 bits per heavy atom. The Hall–Kier alpha value is -0.130. The van der Waals surface area contributed by atoms with Gasteiger partial charge >= 0.3 is 0 Å². The summed E-state index contributed by atoms with van der Waals surface area (Å²) in [6.45, 7) is 5.08. The van der Waals surface area contributed by atoms with Crippen LogP contribution in [0.2, 0.25) is 0 Å². The van der Waals surface area contributed by atoms with Crippen LogP contribution in [-0.4, -0.2) is 45.7 Å². The third kappa shape index (κ3) is 3.71. The van der Waals surface area contributed by atoms with Crippen molar-refractivity contribution < 1.29 is 13.2 Å². The van der Waals surface area contributed by atoms with Gasteiger partial charge < -0.3 is 10.1 Å². The van der Waals surface area contributed by atoms with Crippen LogP contribution < -0.4 is 5.32 Å². The second kappa shape index (κ2) is 5.98. The number of sulfone groups is 1. The fraction of sp³-hybridized carbons (Fsp3) is 1.00. The zero-order chi connectivity index (χ0) is 12.2. The minimum absolute atomic E-state index is 0.0471. The molecule has 0 spiro atoms. The van der Waals surface area contributed by atoms with E-state index in [9.17, 15) is 8.42 Å². The van der Waals surface area contributed by atoms with Gasteiger partial charge in [-0.1, -0.05) is 13.8 Å². The molecule has 1 rings (SSSR count). The van der Waals surface area contributed by atoms with Crippen LogP contribution in [0.1, 0.15) is 26.7 Å². The Morgan fingerprint density at radius 2 is 2.12 bits per heavy atom.